The molecule has 0 saturated carbocycles. The molecule has 0 atom stereocenters. The third-order valence-corrected chi connectivity index (χ3v) is 4.04. The number of aryl methyl sites for hydroxylation is 1. The summed E-state index contributed by atoms with van der Waals surface area (Å²) in [5, 5.41) is 1.08. The molecule has 0 spiro atoms. The monoisotopic (exact) mass is 294 g/mol. The van der Waals surface area contributed by atoms with Crippen molar-refractivity contribution in [2.45, 2.75) is 13.5 Å². The van der Waals surface area contributed by atoms with Crippen LogP contribution in [0.15, 0.2) is 48.7 Å². The standard InChI is InChI=1S/C18H15FN2O/c1-12-9-15(6-7-16(12)19)21-10-14-5-4-13-3-2-8-20-17(13)18(14)22-11-21/h2-9H,10-11H2,1H3. The topological polar surface area (TPSA) is 25.4 Å². The second kappa shape index (κ2) is 4.98. The number of rotatable bonds is 1. The minimum atomic E-state index is -0.183. The van der Waals surface area contributed by atoms with E-state index < -0.39 is 0 Å². The molecule has 4 heteroatoms. The van der Waals surface area contributed by atoms with Gasteiger partial charge in [0.05, 0.1) is 0 Å². The van der Waals surface area contributed by atoms with E-state index in [2.05, 4.69) is 22.0 Å². The fraction of sp³-hybridized carbons (Fsp3) is 0.167. The van der Waals surface area contributed by atoms with Crippen LogP contribution in [0.25, 0.3) is 10.9 Å². The Kier molecular flexibility index (Phi) is 2.96. The number of anilines is 1. The van der Waals surface area contributed by atoms with Crippen molar-refractivity contribution >= 4 is 16.6 Å². The fourth-order valence-electron chi connectivity index (χ4n) is 2.83. The Morgan fingerprint density at radius 1 is 1.18 bits per heavy atom. The van der Waals surface area contributed by atoms with Gasteiger partial charge in [0.25, 0.3) is 0 Å². The summed E-state index contributed by atoms with van der Waals surface area (Å²) in [5.74, 6) is 0.672. The van der Waals surface area contributed by atoms with Crippen molar-refractivity contribution < 1.29 is 9.13 Å². The zero-order valence-corrected chi connectivity index (χ0v) is 12.2. The van der Waals surface area contributed by atoms with Gasteiger partial charge in [0, 0.05) is 29.4 Å². The molecule has 3 nitrogen and oxygen atoms in total. The van der Waals surface area contributed by atoms with Crippen molar-refractivity contribution in [3.05, 3.63) is 65.6 Å². The zero-order valence-electron chi connectivity index (χ0n) is 12.2. The van der Waals surface area contributed by atoms with Crippen molar-refractivity contribution in [2.24, 2.45) is 0 Å². The average Bonchev–Trinajstić information content (AvgIpc) is 2.56. The zero-order chi connectivity index (χ0) is 15.1. The Bertz CT molecular complexity index is 863. The molecule has 3 aromatic rings. The number of hydrogen-bond acceptors (Lipinski definition) is 3. The highest BCUT2D eigenvalue weighted by atomic mass is 19.1. The molecule has 0 amide bonds. The Balaban J connectivity index is 1.72. The predicted molar refractivity (Wildman–Crippen MR) is 84.6 cm³/mol. The molecular formula is C18H15FN2O. The highest BCUT2D eigenvalue weighted by Crippen LogP contribution is 2.34. The number of nitrogens with zero attached hydrogens (tertiary/aromatic N) is 2. The van der Waals surface area contributed by atoms with Gasteiger partial charge in [-0.1, -0.05) is 18.2 Å². The van der Waals surface area contributed by atoms with Gasteiger partial charge in [0.1, 0.15) is 11.3 Å². The van der Waals surface area contributed by atoms with Crippen LogP contribution in [0.4, 0.5) is 10.1 Å². The molecule has 110 valence electrons. The maximum absolute atomic E-state index is 13.4. The highest BCUT2D eigenvalue weighted by molar-refractivity contribution is 5.86. The van der Waals surface area contributed by atoms with Gasteiger partial charge in [-0.25, -0.2) is 4.39 Å². The van der Waals surface area contributed by atoms with E-state index in [4.69, 9.17) is 4.74 Å². The van der Waals surface area contributed by atoms with Crippen LogP contribution in [-0.4, -0.2) is 11.7 Å². The molecule has 2 heterocycles. The number of benzene rings is 2. The lowest BCUT2D eigenvalue weighted by Crippen LogP contribution is -2.32. The predicted octanol–water partition coefficient (Wildman–Crippen LogP) is 4.04. The van der Waals surface area contributed by atoms with Gasteiger partial charge in [-0.2, -0.15) is 0 Å². The molecule has 2 aromatic carbocycles. The molecule has 1 aromatic heterocycles. The molecule has 0 N–H and O–H groups in total. The molecule has 0 bridgehead atoms. The summed E-state index contributed by atoms with van der Waals surface area (Å²) in [6.07, 6.45) is 1.78. The SMILES string of the molecule is Cc1cc(N2COc3c(ccc4cccnc34)C2)ccc1F. The van der Waals surface area contributed by atoms with Gasteiger partial charge < -0.3 is 9.64 Å². The van der Waals surface area contributed by atoms with Crippen molar-refractivity contribution in [1.82, 2.24) is 4.98 Å². The second-order valence-corrected chi connectivity index (χ2v) is 5.53. The highest BCUT2D eigenvalue weighted by Gasteiger charge is 2.20. The summed E-state index contributed by atoms with van der Waals surface area (Å²) in [4.78, 5) is 6.51. The first kappa shape index (κ1) is 13.1. The Morgan fingerprint density at radius 2 is 2.09 bits per heavy atom. The number of pyridine rings is 1. The lowest BCUT2D eigenvalue weighted by molar-refractivity contribution is 0.292. The van der Waals surface area contributed by atoms with Crippen LogP contribution in [-0.2, 0) is 6.54 Å². The first-order valence-electron chi connectivity index (χ1n) is 7.23. The normalized spacial score (nSPS) is 13.8. The van der Waals surface area contributed by atoms with E-state index in [-0.39, 0.29) is 5.82 Å². The molecule has 0 aliphatic carbocycles. The van der Waals surface area contributed by atoms with Crippen molar-refractivity contribution in [3.8, 4) is 5.75 Å². The number of halogens is 1. The van der Waals surface area contributed by atoms with E-state index in [1.807, 2.05) is 18.2 Å². The lowest BCUT2D eigenvalue weighted by atomic mass is 10.1. The Morgan fingerprint density at radius 3 is 2.95 bits per heavy atom. The molecule has 22 heavy (non-hydrogen) atoms. The van der Waals surface area contributed by atoms with Crippen molar-refractivity contribution in [2.75, 3.05) is 11.6 Å². The largest absolute Gasteiger partial charge is 0.470 e. The molecule has 0 fully saturated rings. The van der Waals surface area contributed by atoms with Crippen LogP contribution in [0, 0.1) is 12.7 Å². The molecular weight excluding hydrogens is 279 g/mol. The van der Waals surface area contributed by atoms with Crippen LogP contribution in [0.5, 0.6) is 5.75 Å². The van der Waals surface area contributed by atoms with Crippen LogP contribution in [0.1, 0.15) is 11.1 Å². The molecule has 0 saturated heterocycles. The van der Waals surface area contributed by atoms with Crippen LogP contribution >= 0.6 is 0 Å². The van der Waals surface area contributed by atoms with Gasteiger partial charge in [0.2, 0.25) is 0 Å². The van der Waals surface area contributed by atoms with Crippen molar-refractivity contribution in [1.29, 1.82) is 0 Å². The maximum Gasteiger partial charge on any atom is 0.161 e. The lowest BCUT2D eigenvalue weighted by Gasteiger charge is -2.31. The molecule has 0 radical (unpaired) electrons. The average molecular weight is 294 g/mol. The third kappa shape index (κ3) is 2.08. The number of fused-ring (bicyclic) bond motifs is 3. The minimum Gasteiger partial charge on any atom is -0.470 e. The number of hydrogen-bond donors (Lipinski definition) is 0. The number of ether oxygens (including phenoxy) is 1. The van der Waals surface area contributed by atoms with E-state index in [1.165, 1.54) is 6.07 Å². The van der Waals surface area contributed by atoms with E-state index in [9.17, 15) is 4.39 Å². The van der Waals surface area contributed by atoms with E-state index >= 15 is 0 Å². The van der Waals surface area contributed by atoms with E-state index in [0.717, 1.165) is 34.4 Å². The molecule has 1 aliphatic heterocycles. The first-order valence-corrected chi connectivity index (χ1v) is 7.23. The smallest absolute Gasteiger partial charge is 0.161 e. The van der Waals surface area contributed by atoms with Crippen LogP contribution in [0.2, 0.25) is 0 Å². The summed E-state index contributed by atoms with van der Waals surface area (Å²) >= 11 is 0. The second-order valence-electron chi connectivity index (χ2n) is 5.53. The molecule has 4 rings (SSSR count). The van der Waals surface area contributed by atoms with Gasteiger partial charge in [-0.05, 0) is 36.8 Å². The third-order valence-electron chi connectivity index (χ3n) is 4.04. The van der Waals surface area contributed by atoms with E-state index in [0.29, 0.717) is 12.3 Å². The number of aromatic nitrogens is 1. The van der Waals surface area contributed by atoms with Crippen LogP contribution in [0.3, 0.4) is 0 Å². The van der Waals surface area contributed by atoms with Crippen LogP contribution < -0.4 is 9.64 Å². The maximum atomic E-state index is 13.4. The fourth-order valence-corrected chi connectivity index (χ4v) is 2.83. The van der Waals surface area contributed by atoms with Gasteiger partial charge in [-0.3, -0.25) is 4.98 Å². The molecule has 1 aliphatic rings. The van der Waals surface area contributed by atoms with Gasteiger partial charge >= 0.3 is 0 Å². The summed E-state index contributed by atoms with van der Waals surface area (Å²) < 4.78 is 19.4. The van der Waals surface area contributed by atoms with Gasteiger partial charge in [-0.15, -0.1) is 0 Å². The van der Waals surface area contributed by atoms with Gasteiger partial charge in [0.15, 0.2) is 12.5 Å². The van der Waals surface area contributed by atoms with Crippen molar-refractivity contribution in [3.63, 3.8) is 0 Å². The molecule has 0 unspecified atom stereocenters. The first-order chi connectivity index (χ1) is 10.7. The minimum absolute atomic E-state index is 0.183. The Hall–Kier alpha value is -2.62. The summed E-state index contributed by atoms with van der Waals surface area (Å²) in [6.45, 7) is 2.94. The summed E-state index contributed by atoms with van der Waals surface area (Å²) in [7, 11) is 0. The Labute approximate surface area is 128 Å². The summed E-state index contributed by atoms with van der Waals surface area (Å²) in [6, 6.07) is 13.2. The summed E-state index contributed by atoms with van der Waals surface area (Å²) in [5.41, 5.74) is 3.60. The quantitative estimate of drug-likeness (QED) is 0.677. The van der Waals surface area contributed by atoms with E-state index in [1.54, 1.807) is 19.2 Å².